The number of sulfonamides is 1. The number of carbonyl (C=O) groups excluding carboxylic acids is 2. The summed E-state index contributed by atoms with van der Waals surface area (Å²) < 4.78 is 37.9. The molecule has 0 bridgehead atoms. The molecule has 1 fully saturated rings. The zero-order valence-electron chi connectivity index (χ0n) is 19.3. The summed E-state index contributed by atoms with van der Waals surface area (Å²) in [5.74, 6) is -0.0569. The fourth-order valence-corrected chi connectivity index (χ4v) is 5.50. The first-order valence-electron chi connectivity index (χ1n) is 11.2. The van der Waals surface area contributed by atoms with E-state index in [0.717, 1.165) is 0 Å². The molecule has 0 saturated carbocycles. The first-order valence-corrected chi connectivity index (χ1v) is 12.7. The lowest BCUT2D eigenvalue weighted by atomic mass is 9.98. The number of piperidine rings is 1. The van der Waals surface area contributed by atoms with Crippen molar-refractivity contribution in [1.82, 2.24) is 9.62 Å². The fourth-order valence-electron chi connectivity index (χ4n) is 3.97. The highest BCUT2D eigenvalue weighted by Crippen LogP contribution is 2.26. The number of hydrogen-bond donors (Lipinski definition) is 2. The molecule has 1 aromatic heterocycles. The van der Waals surface area contributed by atoms with E-state index in [2.05, 4.69) is 10.6 Å². The predicted molar refractivity (Wildman–Crippen MR) is 129 cm³/mol. The minimum Gasteiger partial charge on any atom is -0.497 e. The van der Waals surface area contributed by atoms with Crippen LogP contribution < -0.4 is 15.4 Å². The van der Waals surface area contributed by atoms with Crippen LogP contribution in [0.5, 0.6) is 5.75 Å². The van der Waals surface area contributed by atoms with Crippen LogP contribution in [0.25, 0.3) is 0 Å². The Morgan fingerprint density at radius 3 is 2.57 bits per heavy atom. The molecule has 2 N–H and O–H groups in total. The highest BCUT2D eigenvalue weighted by Gasteiger charge is 2.33. The van der Waals surface area contributed by atoms with Crippen molar-refractivity contribution in [3.63, 3.8) is 0 Å². The van der Waals surface area contributed by atoms with Gasteiger partial charge >= 0.3 is 0 Å². The van der Waals surface area contributed by atoms with Gasteiger partial charge in [0.1, 0.15) is 11.5 Å². The summed E-state index contributed by atoms with van der Waals surface area (Å²) in [5, 5.41) is 5.59. The molecule has 0 radical (unpaired) electrons. The molecular weight excluding hydrogens is 470 g/mol. The number of methoxy groups -OCH3 is 1. The predicted octanol–water partition coefficient (Wildman–Crippen LogP) is 3.26. The van der Waals surface area contributed by atoms with Crippen molar-refractivity contribution < 1.29 is 27.2 Å². The van der Waals surface area contributed by atoms with Gasteiger partial charge in [-0.15, -0.1) is 0 Å². The summed E-state index contributed by atoms with van der Waals surface area (Å²) in [5.41, 5.74) is 0.676. The van der Waals surface area contributed by atoms with Gasteiger partial charge in [-0.1, -0.05) is 12.1 Å². The van der Waals surface area contributed by atoms with E-state index >= 15 is 0 Å². The lowest BCUT2D eigenvalue weighted by molar-refractivity contribution is -0.120. The van der Waals surface area contributed by atoms with Crippen LogP contribution in [0.2, 0.25) is 0 Å². The van der Waals surface area contributed by atoms with Crippen LogP contribution in [-0.4, -0.2) is 44.7 Å². The molecule has 0 aliphatic carbocycles. The van der Waals surface area contributed by atoms with Crippen LogP contribution in [0, 0.1) is 5.92 Å². The highest BCUT2D eigenvalue weighted by atomic mass is 32.2. The van der Waals surface area contributed by atoms with Crippen molar-refractivity contribution in [2.24, 2.45) is 5.92 Å². The van der Waals surface area contributed by atoms with Gasteiger partial charge in [0.15, 0.2) is 0 Å². The van der Waals surface area contributed by atoms with E-state index in [0.29, 0.717) is 42.1 Å². The molecule has 1 aliphatic rings. The number of anilines is 1. The Hall–Kier alpha value is -3.63. The van der Waals surface area contributed by atoms with E-state index in [-0.39, 0.29) is 29.8 Å². The summed E-state index contributed by atoms with van der Waals surface area (Å²) in [4.78, 5) is 25.9. The summed E-state index contributed by atoms with van der Waals surface area (Å²) in [6.45, 7) is 0.617. The summed E-state index contributed by atoms with van der Waals surface area (Å²) in [6.07, 6.45) is 2.63. The molecule has 10 heteroatoms. The van der Waals surface area contributed by atoms with Crippen molar-refractivity contribution in [2.45, 2.75) is 24.3 Å². The summed E-state index contributed by atoms with van der Waals surface area (Å²) in [7, 11) is -2.24. The Morgan fingerprint density at radius 2 is 1.86 bits per heavy atom. The first-order chi connectivity index (χ1) is 16.9. The Morgan fingerprint density at radius 1 is 1.09 bits per heavy atom. The molecule has 3 aromatic rings. The third-order valence-electron chi connectivity index (χ3n) is 5.88. The van der Waals surface area contributed by atoms with Gasteiger partial charge in [-0.25, -0.2) is 8.42 Å². The van der Waals surface area contributed by atoms with Gasteiger partial charge < -0.3 is 19.8 Å². The van der Waals surface area contributed by atoms with Crippen LogP contribution in [0.4, 0.5) is 5.69 Å². The maximum atomic E-state index is 13.1. The molecule has 0 spiro atoms. The molecule has 2 heterocycles. The van der Waals surface area contributed by atoms with E-state index in [9.17, 15) is 18.0 Å². The highest BCUT2D eigenvalue weighted by molar-refractivity contribution is 7.89. The van der Waals surface area contributed by atoms with E-state index in [1.54, 1.807) is 48.5 Å². The topological polar surface area (TPSA) is 118 Å². The van der Waals surface area contributed by atoms with Crippen molar-refractivity contribution >= 4 is 27.5 Å². The van der Waals surface area contributed by atoms with Crippen molar-refractivity contribution in [3.8, 4) is 5.75 Å². The van der Waals surface area contributed by atoms with Gasteiger partial charge in [-0.2, -0.15) is 4.31 Å². The average Bonchev–Trinajstić information content (AvgIpc) is 3.41. The van der Waals surface area contributed by atoms with Gasteiger partial charge in [0.25, 0.3) is 5.91 Å². The number of ether oxygens (including phenoxy) is 1. The van der Waals surface area contributed by atoms with Crippen LogP contribution in [0.3, 0.4) is 0 Å². The average molecular weight is 498 g/mol. The van der Waals surface area contributed by atoms with Gasteiger partial charge in [-0.3, -0.25) is 9.59 Å². The van der Waals surface area contributed by atoms with Crippen LogP contribution in [-0.2, 0) is 21.4 Å². The third kappa shape index (κ3) is 5.72. The quantitative estimate of drug-likeness (QED) is 0.493. The number of para-hydroxylation sites is 1. The van der Waals surface area contributed by atoms with Crippen LogP contribution >= 0.6 is 0 Å². The summed E-state index contributed by atoms with van der Waals surface area (Å²) in [6, 6.07) is 16.4. The number of hydrogen-bond acceptors (Lipinski definition) is 6. The van der Waals surface area contributed by atoms with Crippen LogP contribution in [0.15, 0.2) is 76.2 Å². The fraction of sp³-hybridized carbons (Fsp3) is 0.280. The van der Waals surface area contributed by atoms with Gasteiger partial charge in [0, 0.05) is 13.1 Å². The normalized spacial score (nSPS) is 16.4. The number of nitrogens with zero attached hydrogens (tertiary/aromatic N) is 1. The summed E-state index contributed by atoms with van der Waals surface area (Å²) >= 11 is 0. The Kier molecular flexibility index (Phi) is 7.52. The molecule has 2 aromatic carbocycles. The number of benzene rings is 2. The zero-order valence-corrected chi connectivity index (χ0v) is 20.1. The molecular formula is C25H27N3O6S. The molecule has 1 saturated heterocycles. The largest absolute Gasteiger partial charge is 0.497 e. The van der Waals surface area contributed by atoms with Crippen molar-refractivity contribution in [3.05, 3.63) is 78.3 Å². The number of furan rings is 1. The van der Waals surface area contributed by atoms with Crippen molar-refractivity contribution in [2.75, 3.05) is 25.5 Å². The first kappa shape index (κ1) is 24.5. The zero-order chi connectivity index (χ0) is 24.8. The molecule has 35 heavy (non-hydrogen) atoms. The minimum atomic E-state index is -3.75. The monoisotopic (exact) mass is 497 g/mol. The van der Waals surface area contributed by atoms with Crippen molar-refractivity contribution in [1.29, 1.82) is 0 Å². The Bertz CT molecular complexity index is 1270. The second-order valence-corrected chi connectivity index (χ2v) is 10.1. The molecule has 1 unspecified atom stereocenters. The van der Waals surface area contributed by atoms with Gasteiger partial charge in [0.05, 0.1) is 42.0 Å². The third-order valence-corrected chi connectivity index (χ3v) is 7.76. The second-order valence-electron chi connectivity index (χ2n) is 8.17. The maximum Gasteiger partial charge on any atom is 0.253 e. The van der Waals surface area contributed by atoms with E-state index in [1.807, 2.05) is 0 Å². The SMILES string of the molecule is COc1ccc(S(=O)(=O)N2CCCC(C(=O)Nc3ccccc3C(=O)NCc3ccco3)C2)cc1. The number of carbonyl (C=O) groups is 2. The number of amides is 2. The Labute approximate surface area is 204 Å². The second kappa shape index (κ2) is 10.7. The van der Waals surface area contributed by atoms with Gasteiger partial charge in [-0.05, 0) is 61.4 Å². The molecule has 2 amide bonds. The standard InChI is InChI=1S/C25H27N3O6S/c1-33-19-10-12-21(13-11-19)35(31,32)28-14-4-6-18(17-28)24(29)27-23-9-3-2-8-22(23)25(30)26-16-20-7-5-15-34-20/h2-3,5,7-13,15,18H,4,6,14,16-17H2,1H3,(H,26,30)(H,27,29). The molecule has 184 valence electrons. The Balaban J connectivity index is 1.43. The smallest absolute Gasteiger partial charge is 0.253 e. The van der Waals surface area contributed by atoms with E-state index < -0.39 is 15.9 Å². The molecule has 4 rings (SSSR count). The lowest BCUT2D eigenvalue weighted by Crippen LogP contribution is -2.43. The van der Waals surface area contributed by atoms with Gasteiger partial charge in [0.2, 0.25) is 15.9 Å². The molecule has 1 aliphatic heterocycles. The number of rotatable bonds is 8. The van der Waals surface area contributed by atoms with E-state index in [1.165, 1.54) is 29.8 Å². The minimum absolute atomic E-state index is 0.0626. The molecule has 1 atom stereocenters. The lowest BCUT2D eigenvalue weighted by Gasteiger charge is -2.31. The van der Waals surface area contributed by atoms with Crippen LogP contribution in [0.1, 0.15) is 29.0 Å². The number of nitrogens with one attached hydrogen (secondary N) is 2. The maximum absolute atomic E-state index is 13.1. The molecule has 9 nitrogen and oxygen atoms in total. The van der Waals surface area contributed by atoms with E-state index in [4.69, 9.17) is 9.15 Å².